The number of hydrogen-bond donors (Lipinski definition) is 1. The van der Waals surface area contributed by atoms with E-state index in [1.165, 1.54) is 37.0 Å². The summed E-state index contributed by atoms with van der Waals surface area (Å²) in [5, 5.41) is 0. The Labute approximate surface area is 158 Å². The second-order valence-corrected chi connectivity index (χ2v) is 8.96. The fourth-order valence-corrected chi connectivity index (χ4v) is 5.13. The summed E-state index contributed by atoms with van der Waals surface area (Å²) in [6.07, 6.45) is 7.35. The minimum Gasteiger partial charge on any atom is -0.341 e. The van der Waals surface area contributed by atoms with E-state index in [0.717, 1.165) is 26.9 Å². The second kappa shape index (κ2) is 8.45. The van der Waals surface area contributed by atoms with Crippen molar-refractivity contribution in [2.24, 2.45) is 5.92 Å². The number of nitrogens with zero attached hydrogens (tertiary/aromatic N) is 2. The molecule has 0 unspecified atom stereocenters. The van der Waals surface area contributed by atoms with E-state index in [0.29, 0.717) is 39.0 Å². The molecule has 2 heterocycles. The average Bonchev–Trinajstić information content (AvgIpc) is 3.22. The van der Waals surface area contributed by atoms with Crippen molar-refractivity contribution in [2.75, 3.05) is 26.2 Å². The number of aryl methyl sites for hydroxylation is 1. The van der Waals surface area contributed by atoms with Gasteiger partial charge in [0.1, 0.15) is 0 Å². The molecule has 0 aromatic carbocycles. The number of hydrogen-bond acceptors (Lipinski definition) is 4. The first-order valence-electron chi connectivity index (χ1n) is 9.27. The fraction of sp³-hybridized carbons (Fsp3) is 0.722. The number of H-pyrrole nitrogens is 1. The van der Waals surface area contributed by atoms with Crippen LogP contribution in [0, 0.1) is 16.8 Å². The first kappa shape index (κ1) is 18.6. The van der Waals surface area contributed by atoms with Crippen LogP contribution in [0.1, 0.15) is 49.1 Å². The number of piperazine rings is 1. The molecule has 2 aliphatic rings. The van der Waals surface area contributed by atoms with Crippen molar-refractivity contribution in [3.8, 4) is 0 Å². The topological polar surface area (TPSA) is 56.4 Å². The Morgan fingerprint density at radius 3 is 2.28 bits per heavy atom. The summed E-state index contributed by atoms with van der Waals surface area (Å²) in [4.78, 5) is 32.8. The Hall–Kier alpha value is -1.21. The standard InChI is InChI=1S/C18H27N3O2S2/c1-13-15(25-18(24)19-13)12-17(23)21-10-8-20(9-11-21)16(22)7-6-14-4-2-3-5-14/h14H,2-12H2,1H3,(H,19,24). The number of carbonyl (C=O) groups excluding carboxylic acids is 2. The van der Waals surface area contributed by atoms with Gasteiger partial charge in [-0.05, 0) is 31.5 Å². The van der Waals surface area contributed by atoms with Gasteiger partial charge in [0, 0.05) is 43.2 Å². The van der Waals surface area contributed by atoms with Crippen molar-refractivity contribution >= 4 is 35.4 Å². The number of aromatic amines is 1. The molecule has 5 nitrogen and oxygen atoms in total. The molecule has 0 atom stereocenters. The zero-order valence-electron chi connectivity index (χ0n) is 14.9. The van der Waals surface area contributed by atoms with Crippen molar-refractivity contribution in [3.63, 3.8) is 0 Å². The van der Waals surface area contributed by atoms with Gasteiger partial charge in [0.15, 0.2) is 3.95 Å². The van der Waals surface area contributed by atoms with Crippen molar-refractivity contribution in [3.05, 3.63) is 14.5 Å². The van der Waals surface area contributed by atoms with E-state index in [9.17, 15) is 9.59 Å². The maximum absolute atomic E-state index is 12.5. The lowest BCUT2D eigenvalue weighted by Crippen LogP contribution is -2.51. The first-order valence-corrected chi connectivity index (χ1v) is 10.5. The molecule has 1 saturated carbocycles. The summed E-state index contributed by atoms with van der Waals surface area (Å²) < 4.78 is 0.720. The molecule has 1 aromatic heterocycles. The van der Waals surface area contributed by atoms with Gasteiger partial charge in [-0.25, -0.2) is 0 Å². The molecule has 138 valence electrons. The normalized spacial score (nSPS) is 18.8. The lowest BCUT2D eigenvalue weighted by atomic mass is 10.0. The third-order valence-electron chi connectivity index (χ3n) is 5.46. The van der Waals surface area contributed by atoms with E-state index in [2.05, 4.69) is 4.98 Å². The van der Waals surface area contributed by atoms with Gasteiger partial charge < -0.3 is 14.8 Å². The molecule has 1 N–H and O–H groups in total. The van der Waals surface area contributed by atoms with Gasteiger partial charge in [-0.1, -0.05) is 25.7 Å². The van der Waals surface area contributed by atoms with Gasteiger partial charge in [-0.3, -0.25) is 9.59 Å². The van der Waals surface area contributed by atoms with Crippen molar-refractivity contribution in [1.29, 1.82) is 0 Å². The molecule has 3 rings (SSSR count). The van der Waals surface area contributed by atoms with Crippen LogP contribution in [0.2, 0.25) is 0 Å². The Balaban J connectivity index is 1.43. The van der Waals surface area contributed by atoms with Gasteiger partial charge in [0.05, 0.1) is 6.42 Å². The number of carbonyl (C=O) groups is 2. The van der Waals surface area contributed by atoms with Gasteiger partial charge >= 0.3 is 0 Å². The SMILES string of the molecule is Cc1[nH]c(=S)sc1CC(=O)N1CCN(C(=O)CCC2CCCC2)CC1. The molecule has 0 radical (unpaired) electrons. The van der Waals surface area contributed by atoms with Gasteiger partial charge in [0.25, 0.3) is 0 Å². The summed E-state index contributed by atoms with van der Waals surface area (Å²) >= 11 is 6.61. The average molecular weight is 382 g/mol. The number of rotatable bonds is 5. The number of thiazole rings is 1. The van der Waals surface area contributed by atoms with Gasteiger partial charge in [-0.15, -0.1) is 11.3 Å². The third-order valence-corrected chi connectivity index (χ3v) is 6.80. The van der Waals surface area contributed by atoms with Gasteiger partial charge in [-0.2, -0.15) is 0 Å². The van der Waals surface area contributed by atoms with Crippen molar-refractivity contribution in [2.45, 2.75) is 51.9 Å². The van der Waals surface area contributed by atoms with Crippen LogP contribution in [0.15, 0.2) is 0 Å². The molecular weight excluding hydrogens is 354 g/mol. The zero-order chi connectivity index (χ0) is 17.8. The summed E-state index contributed by atoms with van der Waals surface area (Å²) in [5.74, 6) is 1.15. The molecule has 1 aliphatic carbocycles. The smallest absolute Gasteiger partial charge is 0.228 e. The van der Waals surface area contributed by atoms with Crippen LogP contribution in [0.3, 0.4) is 0 Å². The summed E-state index contributed by atoms with van der Waals surface area (Å²) in [5.41, 5.74) is 0.990. The number of nitrogens with one attached hydrogen (secondary N) is 1. The zero-order valence-corrected chi connectivity index (χ0v) is 16.5. The summed E-state index contributed by atoms with van der Waals surface area (Å²) in [6, 6.07) is 0. The number of aromatic nitrogens is 1. The Kier molecular flexibility index (Phi) is 6.28. The Bertz CT molecular complexity index is 668. The van der Waals surface area contributed by atoms with Crippen molar-refractivity contribution in [1.82, 2.24) is 14.8 Å². The molecule has 2 amide bonds. The van der Waals surface area contributed by atoms with Crippen LogP contribution in [0.5, 0.6) is 0 Å². The highest BCUT2D eigenvalue weighted by molar-refractivity contribution is 7.73. The Morgan fingerprint density at radius 1 is 1.12 bits per heavy atom. The fourth-order valence-electron chi connectivity index (χ4n) is 3.84. The number of amides is 2. The quantitative estimate of drug-likeness (QED) is 0.796. The van der Waals surface area contributed by atoms with Crippen LogP contribution in [-0.2, 0) is 16.0 Å². The molecule has 1 aromatic rings. The van der Waals surface area contributed by atoms with Crippen molar-refractivity contribution < 1.29 is 9.59 Å². The van der Waals surface area contributed by atoms with Crippen LogP contribution < -0.4 is 0 Å². The highest BCUT2D eigenvalue weighted by Crippen LogP contribution is 2.28. The minimum absolute atomic E-state index is 0.131. The monoisotopic (exact) mass is 381 g/mol. The predicted molar refractivity (Wildman–Crippen MR) is 102 cm³/mol. The van der Waals surface area contributed by atoms with E-state index in [4.69, 9.17) is 12.2 Å². The maximum atomic E-state index is 12.5. The molecule has 2 fully saturated rings. The minimum atomic E-state index is 0.131. The Morgan fingerprint density at radius 2 is 1.72 bits per heavy atom. The van der Waals surface area contributed by atoms with E-state index in [1.54, 1.807) is 0 Å². The maximum Gasteiger partial charge on any atom is 0.228 e. The van der Waals surface area contributed by atoms with E-state index in [1.807, 2.05) is 16.7 Å². The molecule has 25 heavy (non-hydrogen) atoms. The molecule has 0 spiro atoms. The highest BCUT2D eigenvalue weighted by atomic mass is 32.1. The molecule has 1 aliphatic heterocycles. The van der Waals surface area contributed by atoms with Crippen LogP contribution in [0.25, 0.3) is 0 Å². The van der Waals surface area contributed by atoms with Crippen LogP contribution in [-0.4, -0.2) is 52.8 Å². The summed E-state index contributed by atoms with van der Waals surface area (Å²) in [6.45, 7) is 4.57. The largest absolute Gasteiger partial charge is 0.341 e. The predicted octanol–water partition coefficient (Wildman–Crippen LogP) is 3.30. The summed E-state index contributed by atoms with van der Waals surface area (Å²) in [7, 11) is 0. The van der Waals surface area contributed by atoms with Gasteiger partial charge in [0.2, 0.25) is 11.8 Å². The molecule has 0 bridgehead atoms. The van der Waals surface area contributed by atoms with Crippen LogP contribution >= 0.6 is 23.6 Å². The van der Waals surface area contributed by atoms with Crippen LogP contribution in [0.4, 0.5) is 0 Å². The lowest BCUT2D eigenvalue weighted by Gasteiger charge is -2.35. The van der Waals surface area contributed by atoms with E-state index < -0.39 is 0 Å². The third kappa shape index (κ3) is 4.91. The van der Waals surface area contributed by atoms with E-state index >= 15 is 0 Å². The van der Waals surface area contributed by atoms with E-state index in [-0.39, 0.29) is 11.8 Å². The lowest BCUT2D eigenvalue weighted by molar-refractivity contribution is -0.139. The molecule has 7 heteroatoms. The molecular formula is C18H27N3O2S2. The first-order chi connectivity index (χ1) is 12.0. The highest BCUT2D eigenvalue weighted by Gasteiger charge is 2.25. The molecule has 1 saturated heterocycles. The second-order valence-electron chi connectivity index (χ2n) is 7.19.